The number of hydrogen-bond acceptors (Lipinski definition) is 3. The summed E-state index contributed by atoms with van der Waals surface area (Å²) in [5.41, 5.74) is 1.09. The lowest BCUT2D eigenvalue weighted by Crippen LogP contribution is -2.52. The van der Waals surface area contributed by atoms with E-state index in [4.69, 9.17) is 4.74 Å². The molecule has 1 fully saturated rings. The van der Waals surface area contributed by atoms with E-state index < -0.39 is 0 Å². The molecular weight excluding hydrogens is 266 g/mol. The Morgan fingerprint density at radius 3 is 2.81 bits per heavy atom. The summed E-state index contributed by atoms with van der Waals surface area (Å²) in [6, 6.07) is 8.07. The molecule has 2 amide bonds. The number of hydrogen-bond donors (Lipinski definition) is 1. The van der Waals surface area contributed by atoms with Crippen LogP contribution < -0.4 is 10.1 Å². The van der Waals surface area contributed by atoms with Crippen LogP contribution in [0.25, 0.3) is 0 Å². The average Bonchev–Trinajstić information content (AvgIpc) is 2.55. The summed E-state index contributed by atoms with van der Waals surface area (Å²) in [6.45, 7) is 7.43. The number of nitrogens with one attached hydrogen (secondary N) is 1. The Bertz CT molecular complexity index is 498. The molecule has 114 valence electrons. The van der Waals surface area contributed by atoms with E-state index in [9.17, 15) is 4.79 Å². The summed E-state index contributed by atoms with van der Waals surface area (Å²) in [5, 5.41) is 3.17. The molecule has 5 nitrogen and oxygen atoms in total. The third kappa shape index (κ3) is 3.13. The Labute approximate surface area is 125 Å². The standard InChI is InChI=1S/C16H23N3O2/c1-2-18-8-10-19(11-9-18)16(20)17-14-7-12-21-15-6-4-3-5-13(14)15/h3-6,14H,2,7-12H2,1H3,(H,17,20). The highest BCUT2D eigenvalue weighted by Gasteiger charge is 2.26. The number of carbonyl (C=O) groups excluding carboxylic acids is 1. The molecule has 2 heterocycles. The number of fused-ring (bicyclic) bond motifs is 1. The van der Waals surface area contributed by atoms with Crippen LogP contribution in [0.4, 0.5) is 4.79 Å². The zero-order valence-corrected chi connectivity index (χ0v) is 12.5. The molecule has 1 N–H and O–H groups in total. The van der Waals surface area contributed by atoms with E-state index in [2.05, 4.69) is 17.1 Å². The minimum Gasteiger partial charge on any atom is -0.493 e. The fraction of sp³-hybridized carbons (Fsp3) is 0.562. The summed E-state index contributed by atoms with van der Waals surface area (Å²) in [7, 11) is 0. The summed E-state index contributed by atoms with van der Waals surface area (Å²) in [6.07, 6.45) is 0.831. The third-order valence-corrected chi connectivity index (χ3v) is 4.36. The molecule has 1 aromatic rings. The Kier molecular flexibility index (Phi) is 4.29. The Balaban J connectivity index is 1.61. The van der Waals surface area contributed by atoms with Crippen molar-refractivity contribution in [2.45, 2.75) is 19.4 Å². The molecule has 1 saturated heterocycles. The molecule has 2 aliphatic rings. The molecule has 5 heteroatoms. The first-order valence-electron chi connectivity index (χ1n) is 7.77. The maximum Gasteiger partial charge on any atom is 0.317 e. The second kappa shape index (κ2) is 6.35. The number of piperazine rings is 1. The van der Waals surface area contributed by atoms with E-state index >= 15 is 0 Å². The van der Waals surface area contributed by atoms with E-state index in [0.29, 0.717) is 6.61 Å². The van der Waals surface area contributed by atoms with Gasteiger partial charge in [-0.1, -0.05) is 25.1 Å². The highest BCUT2D eigenvalue weighted by molar-refractivity contribution is 5.75. The minimum atomic E-state index is 0.0486. The SMILES string of the molecule is CCN1CCN(C(=O)NC2CCOc3ccccc32)CC1. The normalized spacial score (nSPS) is 22.3. The van der Waals surface area contributed by atoms with Crippen molar-refractivity contribution in [2.24, 2.45) is 0 Å². The van der Waals surface area contributed by atoms with Gasteiger partial charge in [0.2, 0.25) is 0 Å². The molecule has 0 spiro atoms. The minimum absolute atomic E-state index is 0.0486. The van der Waals surface area contributed by atoms with Crippen LogP contribution in [-0.2, 0) is 0 Å². The zero-order chi connectivity index (χ0) is 14.7. The van der Waals surface area contributed by atoms with Gasteiger partial charge in [-0.15, -0.1) is 0 Å². The number of rotatable bonds is 2. The molecular formula is C16H23N3O2. The van der Waals surface area contributed by atoms with Gasteiger partial charge in [-0.05, 0) is 12.6 Å². The first-order valence-corrected chi connectivity index (χ1v) is 7.77. The van der Waals surface area contributed by atoms with Gasteiger partial charge in [0, 0.05) is 38.2 Å². The van der Waals surface area contributed by atoms with Gasteiger partial charge in [0.1, 0.15) is 5.75 Å². The van der Waals surface area contributed by atoms with Crippen LogP contribution in [0.1, 0.15) is 24.9 Å². The van der Waals surface area contributed by atoms with Gasteiger partial charge >= 0.3 is 6.03 Å². The largest absolute Gasteiger partial charge is 0.493 e. The molecule has 21 heavy (non-hydrogen) atoms. The Morgan fingerprint density at radius 1 is 1.29 bits per heavy atom. The smallest absolute Gasteiger partial charge is 0.317 e. The van der Waals surface area contributed by atoms with E-state index in [1.54, 1.807) is 0 Å². The van der Waals surface area contributed by atoms with Crippen LogP contribution in [0, 0.1) is 0 Å². The van der Waals surface area contributed by atoms with Gasteiger partial charge < -0.3 is 19.9 Å². The van der Waals surface area contributed by atoms with Gasteiger partial charge in [0.15, 0.2) is 0 Å². The maximum absolute atomic E-state index is 12.4. The first kappa shape index (κ1) is 14.2. The Morgan fingerprint density at radius 2 is 2.05 bits per heavy atom. The molecule has 3 rings (SSSR count). The zero-order valence-electron chi connectivity index (χ0n) is 12.5. The number of para-hydroxylation sites is 1. The van der Waals surface area contributed by atoms with Gasteiger partial charge in [-0.25, -0.2) is 4.79 Å². The van der Waals surface area contributed by atoms with Crippen molar-refractivity contribution in [3.05, 3.63) is 29.8 Å². The lowest BCUT2D eigenvalue weighted by atomic mass is 10.0. The van der Waals surface area contributed by atoms with Crippen molar-refractivity contribution in [3.63, 3.8) is 0 Å². The molecule has 0 aromatic heterocycles. The van der Waals surface area contributed by atoms with Crippen molar-refractivity contribution in [1.82, 2.24) is 15.1 Å². The van der Waals surface area contributed by atoms with Crippen molar-refractivity contribution < 1.29 is 9.53 Å². The number of benzene rings is 1. The van der Waals surface area contributed by atoms with Crippen LogP contribution in [0.5, 0.6) is 5.75 Å². The van der Waals surface area contributed by atoms with Crippen LogP contribution in [0.3, 0.4) is 0 Å². The number of likely N-dealkylation sites (N-methyl/N-ethyl adjacent to an activating group) is 1. The second-order valence-corrected chi connectivity index (χ2v) is 5.60. The summed E-state index contributed by atoms with van der Waals surface area (Å²) in [4.78, 5) is 16.7. The molecule has 0 saturated carbocycles. The molecule has 1 unspecified atom stereocenters. The van der Waals surface area contributed by atoms with E-state index in [0.717, 1.165) is 50.5 Å². The second-order valence-electron chi connectivity index (χ2n) is 5.60. The van der Waals surface area contributed by atoms with E-state index in [1.165, 1.54) is 0 Å². The van der Waals surface area contributed by atoms with Crippen LogP contribution in [0.2, 0.25) is 0 Å². The van der Waals surface area contributed by atoms with Crippen molar-refractivity contribution in [3.8, 4) is 5.75 Å². The summed E-state index contributed by atoms with van der Waals surface area (Å²) >= 11 is 0. The monoisotopic (exact) mass is 289 g/mol. The maximum atomic E-state index is 12.4. The highest BCUT2D eigenvalue weighted by atomic mass is 16.5. The molecule has 0 radical (unpaired) electrons. The molecule has 2 aliphatic heterocycles. The molecule has 1 aromatic carbocycles. The first-order chi connectivity index (χ1) is 10.3. The fourth-order valence-corrected chi connectivity index (χ4v) is 3.00. The Hall–Kier alpha value is -1.75. The fourth-order valence-electron chi connectivity index (χ4n) is 3.00. The molecule has 0 aliphatic carbocycles. The number of ether oxygens (including phenoxy) is 1. The average molecular weight is 289 g/mol. The van der Waals surface area contributed by atoms with Crippen LogP contribution >= 0.6 is 0 Å². The lowest BCUT2D eigenvalue weighted by Gasteiger charge is -2.35. The van der Waals surface area contributed by atoms with Crippen molar-refractivity contribution in [1.29, 1.82) is 0 Å². The quantitative estimate of drug-likeness (QED) is 0.904. The predicted octanol–water partition coefficient (Wildman–Crippen LogP) is 1.86. The van der Waals surface area contributed by atoms with Gasteiger partial charge in [-0.2, -0.15) is 0 Å². The van der Waals surface area contributed by atoms with E-state index in [-0.39, 0.29) is 12.1 Å². The van der Waals surface area contributed by atoms with Gasteiger partial charge in [-0.3, -0.25) is 0 Å². The van der Waals surface area contributed by atoms with Gasteiger partial charge in [0.25, 0.3) is 0 Å². The summed E-state index contributed by atoms with van der Waals surface area (Å²) < 4.78 is 5.64. The molecule has 1 atom stereocenters. The molecule has 0 bridgehead atoms. The van der Waals surface area contributed by atoms with E-state index in [1.807, 2.05) is 29.2 Å². The number of amides is 2. The summed E-state index contributed by atoms with van der Waals surface area (Å²) in [5.74, 6) is 0.893. The van der Waals surface area contributed by atoms with Crippen LogP contribution in [0.15, 0.2) is 24.3 Å². The highest BCUT2D eigenvalue weighted by Crippen LogP contribution is 2.31. The third-order valence-electron chi connectivity index (χ3n) is 4.36. The lowest BCUT2D eigenvalue weighted by molar-refractivity contribution is 0.138. The van der Waals surface area contributed by atoms with Gasteiger partial charge in [0.05, 0.1) is 12.6 Å². The van der Waals surface area contributed by atoms with Crippen molar-refractivity contribution in [2.75, 3.05) is 39.3 Å². The van der Waals surface area contributed by atoms with Crippen molar-refractivity contribution >= 4 is 6.03 Å². The number of urea groups is 1. The van der Waals surface area contributed by atoms with Crippen LogP contribution in [-0.4, -0.2) is 55.2 Å². The predicted molar refractivity (Wildman–Crippen MR) is 81.5 cm³/mol. The number of nitrogens with zero attached hydrogens (tertiary/aromatic N) is 2. The topological polar surface area (TPSA) is 44.8 Å². The number of carbonyl (C=O) groups is 1.